The van der Waals surface area contributed by atoms with E-state index in [1.54, 1.807) is 43.5 Å². The van der Waals surface area contributed by atoms with E-state index in [9.17, 15) is 9.90 Å². The standard InChI is InChI=1S/C24H20N4O5/c1-31-20-6-4-3-5-18(20)24-28-27-23(33-24)17-10-8-16(9-11-17)22(30)26-25-14-15-7-12-21(32-2)19(29)13-15/h3-14,29H,1-2H3,(H,26,30)/b25-14+. The lowest BCUT2D eigenvalue weighted by atomic mass is 10.1. The van der Waals surface area contributed by atoms with E-state index < -0.39 is 5.91 Å². The zero-order chi connectivity index (χ0) is 23.2. The van der Waals surface area contributed by atoms with Gasteiger partial charge in [-0.25, -0.2) is 5.43 Å². The Balaban J connectivity index is 1.42. The average Bonchev–Trinajstić information content (AvgIpc) is 3.34. The molecule has 0 fully saturated rings. The second-order valence-corrected chi connectivity index (χ2v) is 6.82. The van der Waals surface area contributed by atoms with Crippen molar-refractivity contribution >= 4 is 12.1 Å². The summed E-state index contributed by atoms with van der Waals surface area (Å²) in [4.78, 5) is 12.4. The molecule has 9 nitrogen and oxygen atoms in total. The number of amides is 1. The van der Waals surface area contributed by atoms with Crippen molar-refractivity contribution in [3.8, 4) is 40.2 Å². The maximum atomic E-state index is 12.4. The van der Waals surface area contributed by atoms with Gasteiger partial charge in [0.15, 0.2) is 11.5 Å². The van der Waals surface area contributed by atoms with Crippen LogP contribution in [0.1, 0.15) is 15.9 Å². The highest BCUT2D eigenvalue weighted by Crippen LogP contribution is 2.30. The highest BCUT2D eigenvalue weighted by Gasteiger charge is 2.14. The van der Waals surface area contributed by atoms with Crippen LogP contribution in [0.4, 0.5) is 0 Å². The summed E-state index contributed by atoms with van der Waals surface area (Å²) in [6.45, 7) is 0. The summed E-state index contributed by atoms with van der Waals surface area (Å²) in [7, 11) is 3.04. The minimum atomic E-state index is -0.393. The number of ether oxygens (including phenoxy) is 2. The first-order chi connectivity index (χ1) is 16.1. The smallest absolute Gasteiger partial charge is 0.271 e. The molecule has 0 atom stereocenters. The topological polar surface area (TPSA) is 119 Å². The first-order valence-electron chi connectivity index (χ1n) is 9.87. The quantitative estimate of drug-likeness (QED) is 0.328. The van der Waals surface area contributed by atoms with Gasteiger partial charge >= 0.3 is 0 Å². The summed E-state index contributed by atoms with van der Waals surface area (Å²) in [5.41, 5.74) is 4.81. The van der Waals surface area contributed by atoms with Crippen LogP contribution in [0.25, 0.3) is 22.9 Å². The van der Waals surface area contributed by atoms with E-state index in [0.717, 1.165) is 0 Å². The van der Waals surface area contributed by atoms with Crippen LogP contribution < -0.4 is 14.9 Å². The van der Waals surface area contributed by atoms with Crippen LogP contribution in [0.2, 0.25) is 0 Å². The van der Waals surface area contributed by atoms with Crippen molar-refractivity contribution in [2.45, 2.75) is 0 Å². The Labute approximate surface area is 189 Å². The Morgan fingerprint density at radius 1 is 0.970 bits per heavy atom. The van der Waals surface area contributed by atoms with Gasteiger partial charge < -0.3 is 19.0 Å². The third-order valence-electron chi connectivity index (χ3n) is 4.74. The van der Waals surface area contributed by atoms with Gasteiger partial charge in [0.25, 0.3) is 11.8 Å². The molecular weight excluding hydrogens is 424 g/mol. The zero-order valence-electron chi connectivity index (χ0n) is 17.9. The number of hydrogen-bond donors (Lipinski definition) is 2. The third kappa shape index (κ3) is 4.82. The van der Waals surface area contributed by atoms with Gasteiger partial charge in [-0.15, -0.1) is 10.2 Å². The van der Waals surface area contributed by atoms with Crippen LogP contribution in [0, 0.1) is 0 Å². The van der Waals surface area contributed by atoms with Crippen molar-refractivity contribution in [3.05, 3.63) is 77.9 Å². The number of carbonyl (C=O) groups excluding carboxylic acids is 1. The predicted molar refractivity (Wildman–Crippen MR) is 121 cm³/mol. The summed E-state index contributed by atoms with van der Waals surface area (Å²) in [6, 6.07) is 18.8. The molecule has 2 N–H and O–H groups in total. The van der Waals surface area contributed by atoms with E-state index in [1.807, 2.05) is 24.3 Å². The first kappa shape index (κ1) is 21.6. The summed E-state index contributed by atoms with van der Waals surface area (Å²) < 4.78 is 16.1. The number of nitrogens with one attached hydrogen (secondary N) is 1. The molecule has 0 spiro atoms. The van der Waals surface area contributed by atoms with Crippen LogP contribution >= 0.6 is 0 Å². The van der Waals surface area contributed by atoms with Crippen LogP contribution in [-0.4, -0.2) is 41.6 Å². The SMILES string of the molecule is COc1ccc(/C=N/NC(=O)c2ccc(-c3nnc(-c4ccccc4OC)o3)cc2)cc1O. The average molecular weight is 444 g/mol. The van der Waals surface area contributed by atoms with Gasteiger partial charge in [0.1, 0.15) is 5.75 Å². The molecule has 33 heavy (non-hydrogen) atoms. The molecule has 1 aromatic heterocycles. The van der Waals surface area contributed by atoms with Crippen molar-refractivity contribution in [2.24, 2.45) is 5.10 Å². The van der Waals surface area contributed by atoms with Crippen molar-refractivity contribution < 1.29 is 23.8 Å². The van der Waals surface area contributed by atoms with Crippen molar-refractivity contribution in [1.82, 2.24) is 15.6 Å². The normalized spacial score (nSPS) is 10.8. The third-order valence-corrected chi connectivity index (χ3v) is 4.74. The van der Waals surface area contributed by atoms with Crippen molar-refractivity contribution in [1.29, 1.82) is 0 Å². The highest BCUT2D eigenvalue weighted by atomic mass is 16.5. The van der Waals surface area contributed by atoms with Crippen molar-refractivity contribution in [2.75, 3.05) is 14.2 Å². The molecular formula is C24H20N4O5. The number of para-hydroxylation sites is 1. The highest BCUT2D eigenvalue weighted by molar-refractivity contribution is 5.95. The molecule has 0 aliphatic carbocycles. The van der Waals surface area contributed by atoms with Gasteiger partial charge in [-0.3, -0.25) is 4.79 Å². The van der Waals surface area contributed by atoms with Gasteiger partial charge in [-0.05, 0) is 60.2 Å². The minimum Gasteiger partial charge on any atom is -0.504 e. The van der Waals surface area contributed by atoms with Crippen LogP contribution in [0.3, 0.4) is 0 Å². The van der Waals surface area contributed by atoms with E-state index in [-0.39, 0.29) is 5.75 Å². The monoisotopic (exact) mass is 444 g/mol. The Bertz CT molecular complexity index is 1300. The van der Waals surface area contributed by atoms with E-state index >= 15 is 0 Å². The lowest BCUT2D eigenvalue weighted by molar-refractivity contribution is 0.0955. The summed E-state index contributed by atoms with van der Waals surface area (Å²) >= 11 is 0. The molecule has 0 unspecified atom stereocenters. The minimum absolute atomic E-state index is 0.0155. The van der Waals surface area contributed by atoms with Gasteiger partial charge in [-0.2, -0.15) is 5.10 Å². The molecule has 3 aromatic carbocycles. The number of rotatable bonds is 7. The van der Waals surface area contributed by atoms with E-state index in [4.69, 9.17) is 13.9 Å². The largest absolute Gasteiger partial charge is 0.504 e. The van der Waals surface area contributed by atoms with Gasteiger partial charge in [0.05, 0.1) is 26.0 Å². The fraction of sp³-hybridized carbons (Fsp3) is 0.0833. The Morgan fingerprint density at radius 2 is 1.70 bits per heavy atom. The molecule has 166 valence electrons. The lowest BCUT2D eigenvalue weighted by Crippen LogP contribution is -2.17. The molecule has 0 aliphatic heterocycles. The number of aromatic hydroxyl groups is 1. The van der Waals surface area contributed by atoms with Crippen molar-refractivity contribution in [3.63, 3.8) is 0 Å². The molecule has 0 radical (unpaired) electrons. The van der Waals surface area contributed by atoms with E-state index in [0.29, 0.717) is 45.5 Å². The molecule has 0 aliphatic rings. The summed E-state index contributed by atoms with van der Waals surface area (Å²) in [5.74, 6) is 1.23. The molecule has 4 rings (SSSR count). The molecule has 1 heterocycles. The first-order valence-corrected chi connectivity index (χ1v) is 9.87. The Morgan fingerprint density at radius 3 is 2.42 bits per heavy atom. The number of carbonyl (C=O) groups is 1. The number of aromatic nitrogens is 2. The maximum absolute atomic E-state index is 12.4. The van der Waals surface area contributed by atoms with Crippen LogP contribution in [-0.2, 0) is 0 Å². The number of hydrazone groups is 1. The van der Waals surface area contributed by atoms with Gasteiger partial charge in [-0.1, -0.05) is 12.1 Å². The second-order valence-electron chi connectivity index (χ2n) is 6.82. The predicted octanol–water partition coefficient (Wildman–Crippen LogP) is 3.89. The number of benzene rings is 3. The number of phenolic OH excluding ortho intramolecular Hbond substituents is 1. The maximum Gasteiger partial charge on any atom is 0.271 e. The zero-order valence-corrected chi connectivity index (χ0v) is 17.9. The van der Waals surface area contributed by atoms with E-state index in [1.165, 1.54) is 19.4 Å². The fourth-order valence-corrected chi connectivity index (χ4v) is 3.05. The van der Waals surface area contributed by atoms with Gasteiger partial charge in [0, 0.05) is 11.1 Å². The number of nitrogens with zero attached hydrogens (tertiary/aromatic N) is 3. The summed E-state index contributed by atoms with van der Waals surface area (Å²) in [6.07, 6.45) is 1.42. The van der Waals surface area contributed by atoms with Crippen LogP contribution in [0.5, 0.6) is 17.2 Å². The lowest BCUT2D eigenvalue weighted by Gasteiger charge is -2.04. The molecule has 1 amide bonds. The van der Waals surface area contributed by atoms with Crippen LogP contribution in [0.15, 0.2) is 76.2 Å². The Hall–Kier alpha value is -4.66. The molecule has 0 bridgehead atoms. The second kappa shape index (κ2) is 9.65. The van der Waals surface area contributed by atoms with Gasteiger partial charge in [0.2, 0.25) is 5.89 Å². The molecule has 9 heteroatoms. The fourth-order valence-electron chi connectivity index (χ4n) is 3.05. The Kier molecular flexibility index (Phi) is 6.31. The van der Waals surface area contributed by atoms with E-state index in [2.05, 4.69) is 20.7 Å². The molecule has 0 saturated carbocycles. The molecule has 4 aromatic rings. The number of hydrogen-bond acceptors (Lipinski definition) is 8. The number of phenols is 1. The molecule has 0 saturated heterocycles. The number of methoxy groups -OCH3 is 2. The summed E-state index contributed by atoms with van der Waals surface area (Å²) in [5, 5.41) is 21.9.